The number of hydrogen-bond acceptors (Lipinski definition) is 4. The molecule has 2 aromatic rings. The van der Waals surface area contributed by atoms with Gasteiger partial charge in [-0.25, -0.2) is 0 Å². The Hall–Kier alpha value is -2.37. The van der Waals surface area contributed by atoms with E-state index in [1.54, 1.807) is 18.5 Å². The number of nitrogens with zero attached hydrogens (tertiary/aromatic N) is 3. The molecule has 6 heteroatoms. The van der Waals surface area contributed by atoms with Gasteiger partial charge in [-0.05, 0) is 49.4 Å². The van der Waals surface area contributed by atoms with E-state index in [0.29, 0.717) is 37.1 Å². The van der Waals surface area contributed by atoms with Crippen LogP contribution in [0.5, 0.6) is 5.75 Å². The first-order valence-corrected chi connectivity index (χ1v) is 9.02. The first-order chi connectivity index (χ1) is 12.1. The van der Waals surface area contributed by atoms with Crippen molar-refractivity contribution in [1.29, 1.82) is 0 Å². The van der Waals surface area contributed by atoms with Crippen LogP contribution < -0.4 is 10.1 Å². The third-order valence-corrected chi connectivity index (χ3v) is 4.31. The lowest BCUT2D eigenvalue weighted by Gasteiger charge is -2.10. The average molecular weight is 342 g/mol. The van der Waals surface area contributed by atoms with Crippen molar-refractivity contribution in [2.24, 2.45) is 5.92 Å². The Morgan fingerprint density at radius 3 is 2.76 bits per heavy atom. The van der Waals surface area contributed by atoms with Crippen LogP contribution in [-0.4, -0.2) is 33.8 Å². The normalized spacial score (nSPS) is 13.9. The summed E-state index contributed by atoms with van der Waals surface area (Å²) in [6, 6.07) is 7.29. The van der Waals surface area contributed by atoms with E-state index >= 15 is 0 Å². The Balaban J connectivity index is 1.44. The second-order valence-corrected chi connectivity index (χ2v) is 6.97. The van der Waals surface area contributed by atoms with Gasteiger partial charge in [0.25, 0.3) is 5.91 Å². The highest BCUT2D eigenvalue weighted by Crippen LogP contribution is 2.38. The molecule has 1 N–H and O–H groups in total. The Kier molecular flexibility index (Phi) is 5.68. The van der Waals surface area contributed by atoms with Crippen LogP contribution >= 0.6 is 0 Å². The van der Waals surface area contributed by atoms with Crippen molar-refractivity contribution >= 4 is 5.91 Å². The number of aromatic nitrogens is 3. The fourth-order valence-electron chi connectivity index (χ4n) is 2.60. The summed E-state index contributed by atoms with van der Waals surface area (Å²) in [5.41, 5.74) is 0.641. The zero-order valence-electron chi connectivity index (χ0n) is 14.9. The zero-order valence-corrected chi connectivity index (χ0v) is 14.9. The van der Waals surface area contributed by atoms with Crippen molar-refractivity contribution in [3.05, 3.63) is 42.0 Å². The van der Waals surface area contributed by atoms with Crippen LogP contribution in [0.15, 0.2) is 30.6 Å². The van der Waals surface area contributed by atoms with Gasteiger partial charge in [0, 0.05) is 24.6 Å². The van der Waals surface area contributed by atoms with Crippen LogP contribution in [0.3, 0.4) is 0 Å². The highest BCUT2D eigenvalue weighted by Gasteiger charge is 2.28. The SMILES string of the molecule is CC(C)CCOc1ccc(C(=O)NCCn2cnnc2C2CC2)cc1. The fraction of sp³-hybridized carbons (Fsp3) is 0.526. The van der Waals surface area contributed by atoms with Crippen molar-refractivity contribution in [2.45, 2.75) is 45.6 Å². The standard InChI is InChI=1S/C19H26N4O2/c1-14(2)9-12-25-17-7-5-16(6-8-17)19(24)20-10-11-23-13-21-22-18(23)15-3-4-15/h5-8,13-15H,3-4,9-12H2,1-2H3,(H,20,24). The number of hydrogen-bond donors (Lipinski definition) is 1. The molecule has 0 atom stereocenters. The van der Waals surface area contributed by atoms with E-state index < -0.39 is 0 Å². The summed E-state index contributed by atoms with van der Waals surface area (Å²) >= 11 is 0. The van der Waals surface area contributed by atoms with Crippen LogP contribution in [0.1, 0.15) is 55.2 Å². The third-order valence-electron chi connectivity index (χ3n) is 4.31. The van der Waals surface area contributed by atoms with E-state index in [-0.39, 0.29) is 5.91 Å². The highest BCUT2D eigenvalue weighted by atomic mass is 16.5. The smallest absolute Gasteiger partial charge is 0.251 e. The van der Waals surface area contributed by atoms with Crippen molar-refractivity contribution in [1.82, 2.24) is 20.1 Å². The fourth-order valence-corrected chi connectivity index (χ4v) is 2.60. The van der Waals surface area contributed by atoms with E-state index in [1.807, 2.05) is 16.7 Å². The van der Waals surface area contributed by atoms with Gasteiger partial charge in [-0.15, -0.1) is 10.2 Å². The minimum Gasteiger partial charge on any atom is -0.494 e. The van der Waals surface area contributed by atoms with Gasteiger partial charge in [0.05, 0.1) is 6.61 Å². The quantitative estimate of drug-likeness (QED) is 0.760. The largest absolute Gasteiger partial charge is 0.494 e. The summed E-state index contributed by atoms with van der Waals surface area (Å²) in [6.45, 7) is 6.30. The monoisotopic (exact) mass is 342 g/mol. The Labute approximate surface area is 148 Å². The highest BCUT2D eigenvalue weighted by molar-refractivity contribution is 5.94. The molecular weight excluding hydrogens is 316 g/mol. The zero-order chi connectivity index (χ0) is 17.6. The van der Waals surface area contributed by atoms with Crippen molar-refractivity contribution < 1.29 is 9.53 Å². The number of ether oxygens (including phenoxy) is 1. The number of rotatable bonds is 9. The third kappa shape index (κ3) is 5.05. The molecule has 1 aromatic heterocycles. The second kappa shape index (κ2) is 8.14. The lowest BCUT2D eigenvalue weighted by atomic mass is 10.1. The molecule has 0 spiro atoms. The van der Waals surface area contributed by atoms with Gasteiger partial charge in [-0.1, -0.05) is 13.8 Å². The van der Waals surface area contributed by atoms with Crippen molar-refractivity contribution in [3.63, 3.8) is 0 Å². The Bertz CT molecular complexity index is 690. The molecule has 1 saturated carbocycles. The molecule has 25 heavy (non-hydrogen) atoms. The molecule has 1 aromatic carbocycles. The molecule has 0 aliphatic heterocycles. The van der Waals surface area contributed by atoms with Crippen LogP contribution in [-0.2, 0) is 6.54 Å². The lowest BCUT2D eigenvalue weighted by Crippen LogP contribution is -2.27. The summed E-state index contributed by atoms with van der Waals surface area (Å²) in [7, 11) is 0. The van der Waals surface area contributed by atoms with Gasteiger partial charge in [-0.2, -0.15) is 0 Å². The summed E-state index contributed by atoms with van der Waals surface area (Å²) < 4.78 is 7.71. The summed E-state index contributed by atoms with van der Waals surface area (Å²) in [4.78, 5) is 12.2. The van der Waals surface area contributed by atoms with Crippen molar-refractivity contribution in [3.8, 4) is 5.75 Å². The maximum Gasteiger partial charge on any atom is 0.251 e. The molecule has 0 unspecified atom stereocenters. The first-order valence-electron chi connectivity index (χ1n) is 9.02. The maximum atomic E-state index is 12.2. The maximum absolute atomic E-state index is 12.2. The molecule has 1 heterocycles. The van der Waals surface area contributed by atoms with E-state index in [1.165, 1.54) is 12.8 Å². The molecule has 1 aliphatic rings. The van der Waals surface area contributed by atoms with Gasteiger partial charge in [-0.3, -0.25) is 4.79 Å². The lowest BCUT2D eigenvalue weighted by molar-refractivity contribution is 0.0952. The van der Waals surface area contributed by atoms with Gasteiger partial charge in [0.2, 0.25) is 0 Å². The molecular formula is C19H26N4O2. The predicted molar refractivity (Wildman–Crippen MR) is 95.7 cm³/mol. The first kappa shape index (κ1) is 17.5. The van der Waals surface area contributed by atoms with Crippen LogP contribution in [0.25, 0.3) is 0 Å². The molecule has 0 saturated heterocycles. The minimum absolute atomic E-state index is 0.0743. The molecule has 134 valence electrons. The topological polar surface area (TPSA) is 69.0 Å². The molecule has 1 fully saturated rings. The van der Waals surface area contributed by atoms with E-state index in [4.69, 9.17) is 4.74 Å². The minimum atomic E-state index is -0.0743. The number of amides is 1. The summed E-state index contributed by atoms with van der Waals surface area (Å²) in [6.07, 6.45) is 5.14. The number of nitrogens with one attached hydrogen (secondary N) is 1. The van der Waals surface area contributed by atoms with Crippen LogP contribution in [0, 0.1) is 5.92 Å². The van der Waals surface area contributed by atoms with Crippen molar-refractivity contribution in [2.75, 3.05) is 13.2 Å². The number of benzene rings is 1. The van der Waals surface area contributed by atoms with Gasteiger partial charge >= 0.3 is 0 Å². The van der Waals surface area contributed by atoms with E-state index in [2.05, 4.69) is 29.4 Å². The Morgan fingerprint density at radius 1 is 1.32 bits per heavy atom. The number of carbonyl (C=O) groups excluding carboxylic acids is 1. The van der Waals surface area contributed by atoms with Gasteiger partial charge in [0.1, 0.15) is 17.9 Å². The summed E-state index contributed by atoms with van der Waals surface area (Å²) in [5.74, 6) is 2.94. The Morgan fingerprint density at radius 2 is 2.08 bits per heavy atom. The second-order valence-electron chi connectivity index (χ2n) is 6.97. The molecule has 3 rings (SSSR count). The van der Waals surface area contributed by atoms with Gasteiger partial charge in [0.15, 0.2) is 0 Å². The predicted octanol–water partition coefficient (Wildman–Crippen LogP) is 3.01. The van der Waals surface area contributed by atoms with Gasteiger partial charge < -0.3 is 14.6 Å². The van der Waals surface area contributed by atoms with E-state index in [0.717, 1.165) is 18.0 Å². The molecule has 1 aliphatic carbocycles. The average Bonchev–Trinajstić information content (AvgIpc) is 3.34. The molecule has 1 amide bonds. The molecule has 0 radical (unpaired) electrons. The molecule has 0 bridgehead atoms. The number of carbonyl (C=O) groups is 1. The molecule has 6 nitrogen and oxygen atoms in total. The van der Waals surface area contributed by atoms with Crippen LogP contribution in [0.4, 0.5) is 0 Å². The summed E-state index contributed by atoms with van der Waals surface area (Å²) in [5, 5.41) is 11.1. The van der Waals surface area contributed by atoms with E-state index in [9.17, 15) is 4.79 Å². The van der Waals surface area contributed by atoms with Crippen LogP contribution in [0.2, 0.25) is 0 Å².